The topological polar surface area (TPSA) is 81.4 Å². The molecular weight excluding hydrogens is 304 g/mol. The van der Waals surface area contributed by atoms with Crippen molar-refractivity contribution in [1.82, 2.24) is 5.32 Å². The summed E-state index contributed by atoms with van der Waals surface area (Å²) in [6, 6.07) is 8.78. The van der Waals surface area contributed by atoms with Crippen molar-refractivity contribution in [2.75, 3.05) is 6.61 Å². The zero-order valence-corrected chi connectivity index (χ0v) is 14.7. The van der Waals surface area contributed by atoms with E-state index < -0.39 is 12.0 Å². The summed E-state index contributed by atoms with van der Waals surface area (Å²) >= 11 is 0. The van der Waals surface area contributed by atoms with Crippen LogP contribution in [0.4, 0.5) is 0 Å². The van der Waals surface area contributed by atoms with Crippen molar-refractivity contribution in [1.29, 1.82) is 0 Å². The van der Waals surface area contributed by atoms with Crippen molar-refractivity contribution in [3.8, 4) is 0 Å². The van der Waals surface area contributed by atoms with Gasteiger partial charge in [0, 0.05) is 12.1 Å². The highest BCUT2D eigenvalue weighted by molar-refractivity contribution is 5.84. The Morgan fingerprint density at radius 1 is 1.25 bits per heavy atom. The number of nitrogens with one attached hydrogen (secondary N) is 1. The van der Waals surface area contributed by atoms with E-state index in [1.54, 1.807) is 13.0 Å². The van der Waals surface area contributed by atoms with E-state index in [-0.39, 0.29) is 11.9 Å². The lowest BCUT2D eigenvalue weighted by Gasteiger charge is -2.20. The molecule has 0 radical (unpaired) electrons. The number of hydrogen-bond acceptors (Lipinski definition) is 4. The number of carbonyl (C=O) groups excluding carboxylic acids is 2. The van der Waals surface area contributed by atoms with Crippen LogP contribution in [0.3, 0.4) is 0 Å². The molecule has 5 nitrogen and oxygen atoms in total. The van der Waals surface area contributed by atoms with Crippen LogP contribution in [-0.4, -0.2) is 30.6 Å². The minimum Gasteiger partial charge on any atom is -0.463 e. The molecule has 24 heavy (non-hydrogen) atoms. The van der Waals surface area contributed by atoms with Gasteiger partial charge in [-0.05, 0) is 31.2 Å². The third-order valence-electron chi connectivity index (χ3n) is 3.44. The second kappa shape index (κ2) is 10.6. The van der Waals surface area contributed by atoms with E-state index >= 15 is 0 Å². The molecule has 2 atom stereocenters. The molecule has 0 saturated heterocycles. The molecule has 0 bridgehead atoms. The summed E-state index contributed by atoms with van der Waals surface area (Å²) < 4.78 is 4.87. The average molecular weight is 332 g/mol. The molecule has 1 aromatic rings. The van der Waals surface area contributed by atoms with Gasteiger partial charge in [0.1, 0.15) is 0 Å². The first-order valence-corrected chi connectivity index (χ1v) is 8.37. The van der Waals surface area contributed by atoms with Gasteiger partial charge in [-0.3, -0.25) is 4.79 Å². The maximum absolute atomic E-state index is 12.3. The minimum atomic E-state index is -0.627. The van der Waals surface area contributed by atoms with E-state index in [0.29, 0.717) is 18.9 Å². The molecule has 3 N–H and O–H groups in total. The van der Waals surface area contributed by atoms with Crippen LogP contribution in [0, 0.1) is 5.92 Å². The van der Waals surface area contributed by atoms with Gasteiger partial charge in [0.15, 0.2) is 0 Å². The van der Waals surface area contributed by atoms with Gasteiger partial charge in [-0.15, -0.1) is 0 Å². The van der Waals surface area contributed by atoms with Gasteiger partial charge in [0.05, 0.1) is 12.6 Å². The quantitative estimate of drug-likeness (QED) is 0.536. The summed E-state index contributed by atoms with van der Waals surface area (Å²) in [5.74, 6) is -0.264. The van der Waals surface area contributed by atoms with Crippen LogP contribution in [0.1, 0.15) is 32.8 Å². The van der Waals surface area contributed by atoms with Gasteiger partial charge in [-0.1, -0.05) is 50.3 Å². The van der Waals surface area contributed by atoms with E-state index in [0.717, 1.165) is 12.0 Å². The maximum Gasteiger partial charge on any atom is 0.330 e. The number of ether oxygens (including phenoxy) is 1. The highest BCUT2D eigenvalue weighted by Gasteiger charge is 2.18. The number of benzene rings is 1. The average Bonchev–Trinajstić information content (AvgIpc) is 2.53. The minimum absolute atomic E-state index is 0.224. The first-order valence-electron chi connectivity index (χ1n) is 8.37. The second-order valence-corrected chi connectivity index (χ2v) is 6.15. The molecule has 1 amide bonds. The molecule has 0 fully saturated rings. The molecule has 0 saturated carbocycles. The number of rotatable bonds is 9. The number of esters is 1. The van der Waals surface area contributed by atoms with Crippen molar-refractivity contribution >= 4 is 11.9 Å². The fourth-order valence-corrected chi connectivity index (χ4v) is 2.33. The molecule has 1 rings (SSSR count). The molecular formula is C19H28N2O3. The normalized spacial score (nSPS) is 13.7. The number of nitrogens with two attached hydrogens (primary N) is 1. The number of hydrogen-bond donors (Lipinski definition) is 2. The van der Waals surface area contributed by atoms with Gasteiger partial charge >= 0.3 is 5.97 Å². The Labute approximate surface area is 144 Å². The summed E-state index contributed by atoms with van der Waals surface area (Å²) in [5.41, 5.74) is 7.02. The molecule has 0 aromatic heterocycles. The van der Waals surface area contributed by atoms with Crippen molar-refractivity contribution in [2.45, 2.75) is 45.7 Å². The van der Waals surface area contributed by atoms with E-state index in [9.17, 15) is 9.59 Å². The van der Waals surface area contributed by atoms with Crippen molar-refractivity contribution < 1.29 is 14.3 Å². The highest BCUT2D eigenvalue weighted by atomic mass is 16.5. The Balaban J connectivity index is 2.63. The van der Waals surface area contributed by atoms with E-state index in [2.05, 4.69) is 19.2 Å². The van der Waals surface area contributed by atoms with E-state index in [1.807, 2.05) is 30.3 Å². The summed E-state index contributed by atoms with van der Waals surface area (Å²) in [5, 5.41) is 2.91. The Bertz CT molecular complexity index is 541. The molecule has 2 unspecified atom stereocenters. The van der Waals surface area contributed by atoms with Gasteiger partial charge in [-0.2, -0.15) is 0 Å². The SMILES string of the molecule is CCOC(=O)/C=C/C(CC(C)C)NC(=O)C(N)Cc1ccccc1. The third-order valence-corrected chi connectivity index (χ3v) is 3.44. The molecule has 5 heteroatoms. The fourth-order valence-electron chi connectivity index (χ4n) is 2.33. The Morgan fingerprint density at radius 2 is 1.92 bits per heavy atom. The van der Waals surface area contributed by atoms with Crippen LogP contribution in [-0.2, 0) is 20.7 Å². The zero-order valence-electron chi connectivity index (χ0n) is 14.7. The summed E-state index contributed by atoms with van der Waals surface area (Å²) in [6.45, 7) is 6.19. The molecule has 0 aliphatic carbocycles. The van der Waals surface area contributed by atoms with Crippen LogP contribution in [0.2, 0.25) is 0 Å². The fraction of sp³-hybridized carbons (Fsp3) is 0.474. The predicted octanol–water partition coefficient (Wildman–Crippen LogP) is 2.21. The molecule has 1 aromatic carbocycles. The highest BCUT2D eigenvalue weighted by Crippen LogP contribution is 2.08. The van der Waals surface area contributed by atoms with Gasteiger partial charge in [0.25, 0.3) is 0 Å². The van der Waals surface area contributed by atoms with Crippen molar-refractivity contribution in [3.05, 3.63) is 48.0 Å². The molecule has 132 valence electrons. The van der Waals surface area contributed by atoms with Crippen LogP contribution >= 0.6 is 0 Å². The monoisotopic (exact) mass is 332 g/mol. The Morgan fingerprint density at radius 3 is 2.50 bits per heavy atom. The summed E-state index contributed by atoms with van der Waals surface area (Å²) in [4.78, 5) is 23.8. The molecule has 0 spiro atoms. The van der Waals surface area contributed by atoms with Gasteiger partial charge < -0.3 is 15.8 Å². The van der Waals surface area contributed by atoms with Gasteiger partial charge in [0.2, 0.25) is 5.91 Å². The Hall–Kier alpha value is -2.14. The molecule has 0 aliphatic heterocycles. The number of amides is 1. The zero-order chi connectivity index (χ0) is 17.9. The second-order valence-electron chi connectivity index (χ2n) is 6.15. The van der Waals surface area contributed by atoms with Crippen LogP contribution in [0.25, 0.3) is 0 Å². The summed E-state index contributed by atoms with van der Waals surface area (Å²) in [7, 11) is 0. The first kappa shape index (κ1) is 19.9. The maximum atomic E-state index is 12.3. The van der Waals surface area contributed by atoms with E-state index in [4.69, 9.17) is 10.5 Å². The molecule has 0 heterocycles. The lowest BCUT2D eigenvalue weighted by atomic mass is 10.0. The van der Waals surface area contributed by atoms with Crippen LogP contribution in [0.15, 0.2) is 42.5 Å². The smallest absolute Gasteiger partial charge is 0.330 e. The number of carbonyl (C=O) groups is 2. The predicted molar refractivity (Wildman–Crippen MR) is 95.3 cm³/mol. The lowest BCUT2D eigenvalue weighted by molar-refractivity contribution is -0.137. The van der Waals surface area contributed by atoms with Gasteiger partial charge in [-0.25, -0.2) is 4.79 Å². The van der Waals surface area contributed by atoms with E-state index in [1.165, 1.54) is 6.08 Å². The standard InChI is InChI=1S/C19H28N2O3/c1-4-24-18(22)11-10-16(12-14(2)3)21-19(23)17(20)13-15-8-6-5-7-9-15/h5-11,14,16-17H,4,12-13,20H2,1-3H3,(H,21,23)/b11-10+. The lowest BCUT2D eigenvalue weighted by Crippen LogP contribution is -2.46. The third kappa shape index (κ3) is 7.92. The van der Waals surface area contributed by atoms with Crippen LogP contribution < -0.4 is 11.1 Å². The van der Waals surface area contributed by atoms with Crippen molar-refractivity contribution in [3.63, 3.8) is 0 Å². The largest absolute Gasteiger partial charge is 0.463 e. The van der Waals surface area contributed by atoms with Crippen LogP contribution in [0.5, 0.6) is 0 Å². The Kier molecular flexibility index (Phi) is 8.79. The summed E-state index contributed by atoms with van der Waals surface area (Å²) in [6.07, 6.45) is 4.23. The van der Waals surface area contributed by atoms with Crippen molar-refractivity contribution in [2.24, 2.45) is 11.7 Å². The molecule has 0 aliphatic rings. The first-order chi connectivity index (χ1) is 11.4.